The van der Waals surface area contributed by atoms with Gasteiger partial charge in [-0.05, 0) is 55.5 Å². The van der Waals surface area contributed by atoms with Gasteiger partial charge in [-0.25, -0.2) is 4.98 Å². The van der Waals surface area contributed by atoms with Crippen LogP contribution in [0, 0.1) is 0 Å². The second kappa shape index (κ2) is 10.9. The number of aromatic nitrogens is 2. The fourth-order valence-electron chi connectivity index (χ4n) is 4.77. The molecule has 1 saturated heterocycles. The molecule has 1 aromatic heterocycles. The standard InChI is InChI=1S/C28H31N5O4/c1-19-16-21-8-5-6-9-24(21)33(19)28-29-17-23(26(35)31-32-15-7-3-4-10-25(32)34)27(30-28)37-18-20-11-13-22(36-2)14-12-20/h5-6,8-9,11-14,17,19H,3-4,7,10,15-16,18H2,1-2H3,(H,31,35)/t19-/m1/s1. The van der Waals surface area contributed by atoms with Crippen LogP contribution < -0.4 is 19.8 Å². The number of para-hydroxylation sites is 1. The van der Waals surface area contributed by atoms with Gasteiger partial charge in [-0.1, -0.05) is 36.8 Å². The van der Waals surface area contributed by atoms with Crippen LogP contribution in [0.15, 0.2) is 54.7 Å². The smallest absolute Gasteiger partial charge is 0.276 e. The average Bonchev–Trinajstić information content (AvgIpc) is 3.13. The average molecular weight is 502 g/mol. The molecule has 0 radical (unpaired) electrons. The number of fused-ring (bicyclic) bond motifs is 1. The lowest BCUT2D eigenvalue weighted by Crippen LogP contribution is -2.46. The summed E-state index contributed by atoms with van der Waals surface area (Å²) in [6.07, 6.45) is 5.41. The molecule has 1 N–H and O–H groups in total. The lowest BCUT2D eigenvalue weighted by atomic mass is 10.1. The van der Waals surface area contributed by atoms with Crippen molar-refractivity contribution in [2.24, 2.45) is 0 Å². The van der Waals surface area contributed by atoms with Crippen LogP contribution in [0.1, 0.15) is 54.1 Å². The number of carbonyl (C=O) groups is 2. The maximum atomic E-state index is 13.3. The molecule has 0 bridgehead atoms. The van der Waals surface area contributed by atoms with E-state index in [1.165, 1.54) is 16.8 Å². The normalized spacial score (nSPS) is 17.2. The number of ether oxygens (including phenoxy) is 2. The molecule has 1 atom stereocenters. The minimum Gasteiger partial charge on any atom is -0.497 e. The summed E-state index contributed by atoms with van der Waals surface area (Å²) in [7, 11) is 1.62. The highest BCUT2D eigenvalue weighted by Gasteiger charge is 2.30. The summed E-state index contributed by atoms with van der Waals surface area (Å²) in [4.78, 5) is 37.1. The number of carbonyl (C=O) groups excluding carboxylic acids is 2. The van der Waals surface area contributed by atoms with Crippen LogP contribution in [0.3, 0.4) is 0 Å². The molecule has 0 aliphatic carbocycles. The van der Waals surface area contributed by atoms with E-state index in [0.29, 0.717) is 18.9 Å². The van der Waals surface area contributed by atoms with Gasteiger partial charge in [0.2, 0.25) is 17.7 Å². The summed E-state index contributed by atoms with van der Waals surface area (Å²) in [5.74, 6) is 0.812. The maximum absolute atomic E-state index is 13.3. The molecular formula is C28H31N5O4. The Balaban J connectivity index is 1.44. The Hall–Kier alpha value is -4.14. The van der Waals surface area contributed by atoms with Crippen molar-refractivity contribution >= 4 is 23.5 Å². The van der Waals surface area contributed by atoms with Gasteiger partial charge >= 0.3 is 0 Å². The van der Waals surface area contributed by atoms with Crippen LogP contribution in [0.4, 0.5) is 11.6 Å². The first-order valence-corrected chi connectivity index (χ1v) is 12.6. The zero-order valence-corrected chi connectivity index (χ0v) is 21.1. The van der Waals surface area contributed by atoms with E-state index >= 15 is 0 Å². The van der Waals surface area contributed by atoms with Gasteiger partial charge in [0.1, 0.15) is 17.9 Å². The summed E-state index contributed by atoms with van der Waals surface area (Å²) >= 11 is 0. The van der Waals surface area contributed by atoms with E-state index in [4.69, 9.17) is 14.5 Å². The minimum atomic E-state index is -0.471. The van der Waals surface area contributed by atoms with E-state index in [1.807, 2.05) is 42.5 Å². The predicted molar refractivity (Wildman–Crippen MR) is 139 cm³/mol. The van der Waals surface area contributed by atoms with Crippen LogP contribution >= 0.6 is 0 Å². The molecule has 1 fully saturated rings. The summed E-state index contributed by atoms with van der Waals surface area (Å²) in [6.45, 7) is 2.80. The molecule has 192 valence electrons. The van der Waals surface area contributed by atoms with Gasteiger partial charge < -0.3 is 14.4 Å². The molecule has 2 aliphatic rings. The number of rotatable bonds is 7. The number of hydrazine groups is 1. The van der Waals surface area contributed by atoms with Gasteiger partial charge in [-0.15, -0.1) is 0 Å². The van der Waals surface area contributed by atoms with E-state index < -0.39 is 5.91 Å². The molecule has 2 amide bonds. The lowest BCUT2D eigenvalue weighted by molar-refractivity contribution is -0.133. The van der Waals surface area contributed by atoms with Gasteiger partial charge in [-0.2, -0.15) is 4.98 Å². The van der Waals surface area contributed by atoms with E-state index in [-0.39, 0.29) is 30.0 Å². The summed E-state index contributed by atoms with van der Waals surface area (Å²) < 4.78 is 11.3. The fourth-order valence-corrected chi connectivity index (χ4v) is 4.77. The highest BCUT2D eigenvalue weighted by atomic mass is 16.5. The first-order chi connectivity index (χ1) is 18.0. The highest BCUT2D eigenvalue weighted by molar-refractivity contribution is 5.97. The number of anilines is 2. The van der Waals surface area contributed by atoms with E-state index in [2.05, 4.69) is 28.3 Å². The van der Waals surface area contributed by atoms with Crippen LogP contribution in [-0.2, 0) is 17.8 Å². The molecule has 9 heteroatoms. The van der Waals surface area contributed by atoms with Crippen molar-refractivity contribution < 1.29 is 19.1 Å². The Morgan fingerprint density at radius 2 is 1.92 bits per heavy atom. The van der Waals surface area contributed by atoms with Crippen LogP contribution in [0.2, 0.25) is 0 Å². The Morgan fingerprint density at radius 1 is 1.11 bits per heavy atom. The summed E-state index contributed by atoms with van der Waals surface area (Å²) in [5.41, 5.74) is 6.09. The quantitative estimate of drug-likeness (QED) is 0.518. The number of hydrogen-bond acceptors (Lipinski definition) is 7. The minimum absolute atomic E-state index is 0.0911. The number of methoxy groups -OCH3 is 1. The molecule has 3 aromatic rings. The fraction of sp³-hybridized carbons (Fsp3) is 0.357. The molecule has 9 nitrogen and oxygen atoms in total. The number of benzene rings is 2. The van der Waals surface area contributed by atoms with Crippen LogP contribution in [-0.4, -0.2) is 46.5 Å². The van der Waals surface area contributed by atoms with Gasteiger partial charge in [0.25, 0.3) is 5.91 Å². The zero-order chi connectivity index (χ0) is 25.8. The van der Waals surface area contributed by atoms with E-state index in [0.717, 1.165) is 42.7 Å². The first kappa shape index (κ1) is 24.5. The van der Waals surface area contributed by atoms with Crippen molar-refractivity contribution in [1.29, 1.82) is 0 Å². The number of nitrogens with zero attached hydrogens (tertiary/aromatic N) is 4. The van der Waals surface area contributed by atoms with E-state index in [9.17, 15) is 9.59 Å². The van der Waals surface area contributed by atoms with Crippen LogP contribution in [0.25, 0.3) is 0 Å². The Morgan fingerprint density at radius 3 is 2.73 bits per heavy atom. The van der Waals surface area contributed by atoms with Gasteiger partial charge in [0.15, 0.2) is 0 Å². The highest BCUT2D eigenvalue weighted by Crippen LogP contribution is 2.37. The molecule has 2 aromatic carbocycles. The Bertz CT molecular complexity index is 1280. The lowest BCUT2D eigenvalue weighted by Gasteiger charge is -2.24. The Labute approximate surface area is 216 Å². The third-order valence-electron chi connectivity index (χ3n) is 6.75. The number of hydrogen-bond donors (Lipinski definition) is 1. The molecule has 2 aliphatic heterocycles. The maximum Gasteiger partial charge on any atom is 0.276 e. The van der Waals surface area contributed by atoms with Crippen molar-refractivity contribution in [2.45, 2.75) is 51.7 Å². The third-order valence-corrected chi connectivity index (χ3v) is 6.75. The van der Waals surface area contributed by atoms with Crippen molar-refractivity contribution in [1.82, 2.24) is 20.4 Å². The molecule has 37 heavy (non-hydrogen) atoms. The van der Waals surface area contributed by atoms with Crippen LogP contribution in [0.5, 0.6) is 11.6 Å². The van der Waals surface area contributed by atoms with Crippen molar-refractivity contribution in [3.05, 3.63) is 71.4 Å². The topological polar surface area (TPSA) is 96.9 Å². The number of nitrogens with one attached hydrogen (secondary N) is 1. The molecule has 0 unspecified atom stereocenters. The summed E-state index contributed by atoms with van der Waals surface area (Å²) in [6, 6.07) is 15.8. The monoisotopic (exact) mass is 501 g/mol. The van der Waals surface area contributed by atoms with Gasteiger partial charge in [-0.3, -0.25) is 20.0 Å². The second-order valence-electron chi connectivity index (χ2n) is 9.37. The number of amides is 2. The van der Waals surface area contributed by atoms with Crippen molar-refractivity contribution in [3.8, 4) is 11.6 Å². The van der Waals surface area contributed by atoms with Gasteiger partial charge in [0.05, 0.1) is 7.11 Å². The van der Waals surface area contributed by atoms with Gasteiger partial charge in [0, 0.05) is 30.9 Å². The van der Waals surface area contributed by atoms with Crippen molar-refractivity contribution in [3.63, 3.8) is 0 Å². The second-order valence-corrected chi connectivity index (χ2v) is 9.37. The molecular weight excluding hydrogens is 470 g/mol. The molecule has 3 heterocycles. The first-order valence-electron chi connectivity index (χ1n) is 12.6. The molecule has 0 spiro atoms. The predicted octanol–water partition coefficient (Wildman–Crippen LogP) is 4.19. The van der Waals surface area contributed by atoms with E-state index in [1.54, 1.807) is 7.11 Å². The Kier molecular flexibility index (Phi) is 7.20. The summed E-state index contributed by atoms with van der Waals surface area (Å²) in [5, 5.41) is 1.40. The molecule has 5 rings (SSSR count). The largest absolute Gasteiger partial charge is 0.497 e. The third kappa shape index (κ3) is 5.35. The van der Waals surface area contributed by atoms with Crippen molar-refractivity contribution in [2.75, 3.05) is 18.6 Å². The SMILES string of the molecule is COc1ccc(COc2nc(N3c4ccccc4C[C@H]3C)ncc2C(=O)NN2CCCCCC2=O)cc1. The molecule has 0 saturated carbocycles. The zero-order valence-electron chi connectivity index (χ0n) is 21.1.